The number of pyridine rings is 1. The Labute approximate surface area is 163 Å². The average molecular weight is 386 g/mol. The Morgan fingerprint density at radius 2 is 2.00 bits per heavy atom. The molecule has 0 atom stereocenters. The Morgan fingerprint density at radius 1 is 1.21 bits per heavy atom. The van der Waals surface area contributed by atoms with Crippen molar-refractivity contribution in [2.75, 3.05) is 18.5 Å². The van der Waals surface area contributed by atoms with Gasteiger partial charge in [0.1, 0.15) is 11.6 Å². The molecule has 148 valence electrons. The van der Waals surface area contributed by atoms with E-state index in [0.29, 0.717) is 36.6 Å². The van der Waals surface area contributed by atoms with Crippen molar-refractivity contribution in [2.45, 2.75) is 33.6 Å². The number of carbonyl (C=O) groups excluding carboxylic acids is 1. The Bertz CT molecular complexity index is 917. The second-order valence-corrected chi connectivity index (χ2v) is 8.05. The van der Waals surface area contributed by atoms with Crippen molar-refractivity contribution in [1.82, 2.24) is 4.98 Å². The Balaban J connectivity index is 2.12. The predicted octanol–water partition coefficient (Wildman–Crippen LogP) is 5.21. The van der Waals surface area contributed by atoms with E-state index in [0.717, 1.165) is 23.8 Å². The fraction of sp³-hybridized carbons (Fsp3) is 0.364. The number of rotatable bonds is 4. The third kappa shape index (κ3) is 4.81. The first-order chi connectivity index (χ1) is 13.2. The topological polar surface area (TPSA) is 51.2 Å². The Hall–Kier alpha value is -2.60. The molecule has 2 aromatic rings. The molecular formula is C22H24F2N2O2. The predicted molar refractivity (Wildman–Crippen MR) is 106 cm³/mol. The summed E-state index contributed by atoms with van der Waals surface area (Å²) in [6.45, 7) is 6.88. The maximum absolute atomic E-state index is 14.5. The highest BCUT2D eigenvalue weighted by molar-refractivity contribution is 5.99. The van der Waals surface area contributed by atoms with E-state index >= 15 is 0 Å². The molecule has 1 aromatic heterocycles. The third-order valence-electron chi connectivity index (χ3n) is 4.39. The second kappa shape index (κ2) is 8.19. The highest BCUT2D eigenvalue weighted by Gasteiger charge is 2.22. The van der Waals surface area contributed by atoms with Crippen LogP contribution in [0.2, 0.25) is 0 Å². The highest BCUT2D eigenvalue weighted by atomic mass is 19.1. The van der Waals surface area contributed by atoms with Crippen LogP contribution in [0.15, 0.2) is 36.5 Å². The van der Waals surface area contributed by atoms with Crippen molar-refractivity contribution in [2.24, 2.45) is 5.41 Å². The lowest BCUT2D eigenvalue weighted by molar-refractivity contribution is -0.117. The van der Waals surface area contributed by atoms with E-state index in [1.807, 2.05) is 26.8 Å². The lowest BCUT2D eigenvalue weighted by Gasteiger charge is -2.22. The Kier molecular flexibility index (Phi) is 5.89. The van der Waals surface area contributed by atoms with E-state index < -0.39 is 11.6 Å². The maximum atomic E-state index is 14.5. The summed E-state index contributed by atoms with van der Waals surface area (Å²) in [6.07, 6.45) is 4.36. The van der Waals surface area contributed by atoms with E-state index in [1.54, 1.807) is 12.3 Å². The molecule has 0 fully saturated rings. The van der Waals surface area contributed by atoms with Crippen molar-refractivity contribution in [3.05, 3.63) is 53.9 Å². The quantitative estimate of drug-likeness (QED) is 0.785. The molecule has 0 aliphatic carbocycles. The number of hydrogen-bond donors (Lipinski definition) is 1. The molecule has 1 aliphatic heterocycles. The van der Waals surface area contributed by atoms with Gasteiger partial charge in [-0.25, -0.2) is 8.78 Å². The zero-order chi connectivity index (χ0) is 20.3. The first-order valence-corrected chi connectivity index (χ1v) is 9.26. The molecule has 1 aliphatic rings. The molecule has 0 bridgehead atoms. The smallest absolute Gasteiger partial charge is 0.224 e. The number of amides is 1. The minimum absolute atomic E-state index is 0.0855. The van der Waals surface area contributed by atoms with Gasteiger partial charge in [0.15, 0.2) is 0 Å². The van der Waals surface area contributed by atoms with Gasteiger partial charge in [-0.3, -0.25) is 9.78 Å². The monoisotopic (exact) mass is 386 g/mol. The average Bonchev–Trinajstić information content (AvgIpc) is 2.63. The van der Waals surface area contributed by atoms with Gasteiger partial charge >= 0.3 is 0 Å². The number of anilines is 1. The summed E-state index contributed by atoms with van der Waals surface area (Å²) in [6, 6.07) is 4.87. The van der Waals surface area contributed by atoms with Gasteiger partial charge in [-0.15, -0.1) is 0 Å². The maximum Gasteiger partial charge on any atom is 0.224 e. The first-order valence-electron chi connectivity index (χ1n) is 9.26. The fourth-order valence-corrected chi connectivity index (χ4v) is 3.17. The highest BCUT2D eigenvalue weighted by Crippen LogP contribution is 2.37. The molecule has 0 radical (unpaired) electrons. The zero-order valence-electron chi connectivity index (χ0n) is 16.3. The number of halogens is 2. The van der Waals surface area contributed by atoms with Gasteiger partial charge < -0.3 is 10.1 Å². The summed E-state index contributed by atoms with van der Waals surface area (Å²) >= 11 is 0. The summed E-state index contributed by atoms with van der Waals surface area (Å²) in [5, 5.41) is 2.91. The minimum atomic E-state index is -0.564. The largest absolute Gasteiger partial charge is 0.377 e. The van der Waals surface area contributed by atoms with Crippen LogP contribution in [0.25, 0.3) is 16.7 Å². The number of benzene rings is 1. The number of ether oxygens (including phenoxy) is 1. The molecule has 0 unspecified atom stereocenters. The summed E-state index contributed by atoms with van der Waals surface area (Å²) in [5.41, 5.74) is 2.14. The van der Waals surface area contributed by atoms with Crippen LogP contribution >= 0.6 is 0 Å². The molecule has 3 rings (SSSR count). The van der Waals surface area contributed by atoms with Gasteiger partial charge in [-0.1, -0.05) is 26.8 Å². The van der Waals surface area contributed by atoms with Crippen LogP contribution in [0.5, 0.6) is 0 Å². The van der Waals surface area contributed by atoms with Gasteiger partial charge in [0, 0.05) is 23.7 Å². The molecule has 0 saturated heterocycles. The van der Waals surface area contributed by atoms with Gasteiger partial charge in [0.05, 0.1) is 24.6 Å². The van der Waals surface area contributed by atoms with Crippen LogP contribution in [-0.4, -0.2) is 24.1 Å². The molecular weight excluding hydrogens is 362 g/mol. The van der Waals surface area contributed by atoms with Gasteiger partial charge in [0.25, 0.3) is 0 Å². The number of hydrogen-bond acceptors (Lipinski definition) is 3. The molecule has 1 N–H and O–H groups in total. The number of nitrogens with zero attached hydrogens (tertiary/aromatic N) is 1. The SMILES string of the molecule is CC(C)(C)CC(=O)Nc1c(-c2cc(F)ccc2F)ccnc1C1=CCOCC1. The molecule has 1 aromatic carbocycles. The normalized spacial score (nSPS) is 14.5. The van der Waals surface area contributed by atoms with E-state index in [-0.39, 0.29) is 23.3 Å². The first kappa shape index (κ1) is 20.1. The van der Waals surface area contributed by atoms with E-state index in [9.17, 15) is 13.6 Å². The van der Waals surface area contributed by atoms with Crippen LogP contribution < -0.4 is 5.32 Å². The van der Waals surface area contributed by atoms with Crippen molar-refractivity contribution >= 4 is 17.2 Å². The van der Waals surface area contributed by atoms with Crippen molar-refractivity contribution in [1.29, 1.82) is 0 Å². The molecule has 6 heteroatoms. The lowest BCUT2D eigenvalue weighted by atomic mass is 9.91. The molecule has 2 heterocycles. The zero-order valence-corrected chi connectivity index (χ0v) is 16.3. The summed E-state index contributed by atoms with van der Waals surface area (Å²) in [4.78, 5) is 17.1. The van der Waals surface area contributed by atoms with Gasteiger partial charge in [-0.05, 0) is 41.7 Å². The number of carbonyl (C=O) groups is 1. The van der Waals surface area contributed by atoms with Crippen LogP contribution in [-0.2, 0) is 9.53 Å². The van der Waals surface area contributed by atoms with E-state index in [1.165, 1.54) is 0 Å². The van der Waals surface area contributed by atoms with Crippen LogP contribution in [0.3, 0.4) is 0 Å². The molecule has 4 nitrogen and oxygen atoms in total. The van der Waals surface area contributed by atoms with Crippen LogP contribution in [0.4, 0.5) is 14.5 Å². The number of aromatic nitrogens is 1. The van der Waals surface area contributed by atoms with E-state index in [2.05, 4.69) is 10.3 Å². The molecule has 1 amide bonds. The number of nitrogens with one attached hydrogen (secondary N) is 1. The van der Waals surface area contributed by atoms with Gasteiger partial charge in [0.2, 0.25) is 5.91 Å². The minimum Gasteiger partial charge on any atom is -0.377 e. The summed E-state index contributed by atoms with van der Waals surface area (Å²) < 4.78 is 33.6. The fourth-order valence-electron chi connectivity index (χ4n) is 3.17. The van der Waals surface area contributed by atoms with Crippen molar-refractivity contribution in [3.8, 4) is 11.1 Å². The summed E-state index contributed by atoms with van der Waals surface area (Å²) in [5.74, 6) is -1.31. The lowest BCUT2D eigenvalue weighted by Crippen LogP contribution is -2.21. The molecule has 0 saturated carbocycles. The van der Waals surface area contributed by atoms with Crippen LogP contribution in [0, 0.1) is 17.0 Å². The van der Waals surface area contributed by atoms with Crippen molar-refractivity contribution in [3.63, 3.8) is 0 Å². The Morgan fingerprint density at radius 3 is 2.68 bits per heavy atom. The molecule has 0 spiro atoms. The van der Waals surface area contributed by atoms with E-state index in [4.69, 9.17) is 4.74 Å². The standard InChI is InChI=1S/C22H24F2N2O2/c1-22(2,3)13-19(27)26-21-16(17-12-15(23)4-5-18(17)24)6-9-25-20(21)14-7-10-28-11-8-14/h4-7,9,12H,8,10-11,13H2,1-3H3,(H,26,27). The second-order valence-electron chi connectivity index (χ2n) is 8.05. The molecule has 28 heavy (non-hydrogen) atoms. The van der Waals surface area contributed by atoms with Crippen molar-refractivity contribution < 1.29 is 18.3 Å². The third-order valence-corrected chi connectivity index (χ3v) is 4.39. The summed E-state index contributed by atoms with van der Waals surface area (Å²) in [7, 11) is 0. The van der Waals surface area contributed by atoms with Gasteiger partial charge in [-0.2, -0.15) is 0 Å². The van der Waals surface area contributed by atoms with Crippen LogP contribution in [0.1, 0.15) is 39.3 Å².